The van der Waals surface area contributed by atoms with Crippen LogP contribution in [0.15, 0.2) is 30.3 Å². The van der Waals surface area contributed by atoms with Crippen LogP contribution in [-0.4, -0.2) is 31.1 Å². The molecular weight excluding hydrogens is 196 g/mol. The normalized spacial score (nSPS) is 26.2. The molecule has 1 aliphatic heterocycles. The molecule has 2 nitrogen and oxygen atoms in total. The fraction of sp³-hybridized carbons (Fsp3) is 0.429. The molecule has 84 valence electrons. The highest BCUT2D eigenvalue weighted by molar-refractivity contribution is 5.25. The van der Waals surface area contributed by atoms with Crippen LogP contribution < -0.4 is 5.32 Å². The van der Waals surface area contributed by atoms with Crippen molar-refractivity contribution >= 4 is 0 Å². The number of hydrogen-bond donors (Lipinski definition) is 1. The number of rotatable bonds is 2. The topological polar surface area (TPSA) is 15.3 Å². The summed E-state index contributed by atoms with van der Waals surface area (Å²) in [5, 5.41) is 3.59. The maximum Gasteiger partial charge on any atom is 0.0600 e. The molecule has 1 N–H and O–H groups in total. The van der Waals surface area contributed by atoms with E-state index in [4.69, 9.17) is 6.42 Å². The monoisotopic (exact) mass is 214 g/mol. The van der Waals surface area contributed by atoms with Gasteiger partial charge in [0.05, 0.1) is 12.1 Å². The van der Waals surface area contributed by atoms with Gasteiger partial charge < -0.3 is 5.32 Å². The van der Waals surface area contributed by atoms with Gasteiger partial charge in [-0.05, 0) is 12.5 Å². The van der Waals surface area contributed by atoms with Crippen molar-refractivity contribution in [1.82, 2.24) is 10.2 Å². The Morgan fingerprint density at radius 1 is 1.44 bits per heavy atom. The number of hydrogen-bond acceptors (Lipinski definition) is 2. The average Bonchev–Trinajstić information content (AvgIpc) is 2.31. The molecule has 1 unspecified atom stereocenters. The zero-order valence-electron chi connectivity index (χ0n) is 9.74. The van der Waals surface area contributed by atoms with Crippen LogP contribution >= 0.6 is 0 Å². The minimum absolute atomic E-state index is 0.0242. The summed E-state index contributed by atoms with van der Waals surface area (Å²) < 4.78 is 0. The number of nitrogens with zero attached hydrogens (tertiary/aromatic N) is 1. The fourth-order valence-electron chi connectivity index (χ4n) is 2.34. The Hall–Kier alpha value is -1.30. The smallest absolute Gasteiger partial charge is 0.0600 e. The first kappa shape index (κ1) is 11.2. The third-order valence-electron chi connectivity index (χ3n) is 3.21. The molecule has 0 aromatic heterocycles. The van der Waals surface area contributed by atoms with E-state index in [-0.39, 0.29) is 5.54 Å². The predicted molar refractivity (Wildman–Crippen MR) is 67.1 cm³/mol. The van der Waals surface area contributed by atoms with Crippen molar-refractivity contribution in [2.24, 2.45) is 0 Å². The third-order valence-corrected chi connectivity index (χ3v) is 3.21. The Bertz CT molecular complexity index is 379. The van der Waals surface area contributed by atoms with Gasteiger partial charge >= 0.3 is 0 Å². The number of terminal acetylenes is 1. The second kappa shape index (κ2) is 4.69. The lowest BCUT2D eigenvalue weighted by Gasteiger charge is -2.41. The van der Waals surface area contributed by atoms with Crippen LogP contribution in [0.4, 0.5) is 0 Å². The maximum absolute atomic E-state index is 5.37. The molecule has 0 spiro atoms. The second-order valence-corrected chi connectivity index (χ2v) is 4.54. The van der Waals surface area contributed by atoms with Gasteiger partial charge in [-0.25, -0.2) is 0 Å². The van der Waals surface area contributed by atoms with E-state index in [9.17, 15) is 0 Å². The van der Waals surface area contributed by atoms with Gasteiger partial charge in [-0.1, -0.05) is 36.3 Å². The van der Waals surface area contributed by atoms with Gasteiger partial charge in [-0.3, -0.25) is 4.90 Å². The molecule has 2 heteroatoms. The third kappa shape index (κ3) is 2.27. The lowest BCUT2D eigenvalue weighted by Crippen LogP contribution is -2.56. The summed E-state index contributed by atoms with van der Waals surface area (Å²) in [6.07, 6.45) is 5.37. The highest BCUT2D eigenvalue weighted by atomic mass is 15.2. The minimum Gasteiger partial charge on any atom is -0.305 e. The SMILES string of the molecule is C#CCN1CCNC(C)(c2ccccc2)C1. The Labute approximate surface area is 97.7 Å². The van der Waals surface area contributed by atoms with Crippen molar-refractivity contribution in [2.75, 3.05) is 26.2 Å². The van der Waals surface area contributed by atoms with E-state index in [0.717, 1.165) is 26.2 Å². The van der Waals surface area contributed by atoms with E-state index in [2.05, 4.69) is 53.4 Å². The molecule has 0 radical (unpaired) electrons. The van der Waals surface area contributed by atoms with Gasteiger partial charge in [-0.2, -0.15) is 0 Å². The quantitative estimate of drug-likeness (QED) is 0.749. The Morgan fingerprint density at radius 2 is 2.19 bits per heavy atom. The van der Waals surface area contributed by atoms with Gasteiger partial charge in [0.2, 0.25) is 0 Å². The van der Waals surface area contributed by atoms with Gasteiger partial charge in [0.15, 0.2) is 0 Å². The van der Waals surface area contributed by atoms with Crippen LogP contribution in [0.3, 0.4) is 0 Å². The van der Waals surface area contributed by atoms with E-state index >= 15 is 0 Å². The van der Waals surface area contributed by atoms with Crippen LogP contribution in [0.5, 0.6) is 0 Å². The molecule has 1 aromatic rings. The number of benzene rings is 1. The number of piperazine rings is 1. The first-order valence-corrected chi connectivity index (χ1v) is 5.71. The van der Waals surface area contributed by atoms with Crippen LogP contribution in [0.25, 0.3) is 0 Å². The lowest BCUT2D eigenvalue weighted by atomic mass is 9.90. The van der Waals surface area contributed by atoms with Gasteiger partial charge in [0.25, 0.3) is 0 Å². The summed E-state index contributed by atoms with van der Waals surface area (Å²) in [5.74, 6) is 2.72. The lowest BCUT2D eigenvalue weighted by molar-refractivity contribution is 0.158. The van der Waals surface area contributed by atoms with Gasteiger partial charge in [-0.15, -0.1) is 6.42 Å². The second-order valence-electron chi connectivity index (χ2n) is 4.54. The van der Waals surface area contributed by atoms with Crippen LogP contribution in [0.2, 0.25) is 0 Å². The fourth-order valence-corrected chi connectivity index (χ4v) is 2.34. The molecule has 1 saturated heterocycles. The van der Waals surface area contributed by atoms with Crippen molar-refractivity contribution in [2.45, 2.75) is 12.5 Å². The largest absolute Gasteiger partial charge is 0.305 e. The zero-order chi connectivity index (χ0) is 11.4. The molecule has 1 fully saturated rings. The maximum atomic E-state index is 5.37. The van der Waals surface area contributed by atoms with Crippen molar-refractivity contribution in [3.8, 4) is 12.3 Å². The molecule has 1 atom stereocenters. The summed E-state index contributed by atoms with van der Waals surface area (Å²) in [5.41, 5.74) is 1.35. The molecular formula is C14H18N2. The molecule has 1 aliphatic rings. The molecule has 1 heterocycles. The highest BCUT2D eigenvalue weighted by Gasteiger charge is 2.31. The Kier molecular flexibility index (Phi) is 3.28. The summed E-state index contributed by atoms with van der Waals surface area (Å²) in [6.45, 7) is 5.98. The molecule has 16 heavy (non-hydrogen) atoms. The first-order valence-electron chi connectivity index (χ1n) is 5.71. The standard InChI is InChI=1S/C14H18N2/c1-3-10-16-11-9-15-14(2,12-16)13-7-5-4-6-8-13/h1,4-8,15H,9-12H2,2H3. The average molecular weight is 214 g/mol. The van der Waals surface area contributed by atoms with Crippen molar-refractivity contribution in [3.63, 3.8) is 0 Å². The van der Waals surface area contributed by atoms with Crippen molar-refractivity contribution < 1.29 is 0 Å². The minimum atomic E-state index is 0.0242. The molecule has 1 aromatic carbocycles. The molecule has 0 saturated carbocycles. The van der Waals surface area contributed by atoms with Crippen LogP contribution in [0.1, 0.15) is 12.5 Å². The summed E-state index contributed by atoms with van der Waals surface area (Å²) >= 11 is 0. The van der Waals surface area contributed by atoms with Crippen molar-refractivity contribution in [3.05, 3.63) is 35.9 Å². The zero-order valence-corrected chi connectivity index (χ0v) is 9.74. The summed E-state index contributed by atoms with van der Waals surface area (Å²) in [6, 6.07) is 10.6. The van der Waals surface area contributed by atoms with Gasteiger partial charge in [0, 0.05) is 19.6 Å². The van der Waals surface area contributed by atoms with E-state index in [1.165, 1.54) is 5.56 Å². The van der Waals surface area contributed by atoms with Crippen LogP contribution in [-0.2, 0) is 5.54 Å². The summed E-state index contributed by atoms with van der Waals surface area (Å²) in [7, 11) is 0. The van der Waals surface area contributed by atoms with E-state index in [1.54, 1.807) is 0 Å². The predicted octanol–water partition coefficient (Wildman–Crippen LogP) is 1.44. The summed E-state index contributed by atoms with van der Waals surface area (Å²) in [4.78, 5) is 2.32. The molecule has 0 aliphatic carbocycles. The molecule has 0 bridgehead atoms. The van der Waals surface area contributed by atoms with E-state index in [1.807, 2.05) is 0 Å². The van der Waals surface area contributed by atoms with E-state index in [0.29, 0.717) is 0 Å². The Morgan fingerprint density at radius 3 is 2.88 bits per heavy atom. The van der Waals surface area contributed by atoms with Crippen LogP contribution in [0, 0.1) is 12.3 Å². The van der Waals surface area contributed by atoms with Crippen molar-refractivity contribution in [1.29, 1.82) is 0 Å². The Balaban J connectivity index is 2.16. The molecule has 2 rings (SSSR count). The molecule has 0 amide bonds. The number of nitrogens with one attached hydrogen (secondary N) is 1. The van der Waals surface area contributed by atoms with E-state index < -0.39 is 0 Å². The van der Waals surface area contributed by atoms with Gasteiger partial charge in [0.1, 0.15) is 0 Å². The highest BCUT2D eigenvalue weighted by Crippen LogP contribution is 2.23. The first-order chi connectivity index (χ1) is 7.74.